The summed E-state index contributed by atoms with van der Waals surface area (Å²) in [7, 11) is 0. The van der Waals surface area contributed by atoms with Crippen molar-refractivity contribution in [2.45, 2.75) is 42.4 Å². The summed E-state index contributed by atoms with van der Waals surface area (Å²) in [6.07, 6.45) is 3.58. The van der Waals surface area contributed by atoms with Crippen molar-refractivity contribution in [1.82, 2.24) is 0 Å². The highest BCUT2D eigenvalue weighted by Crippen LogP contribution is 2.37. The number of benzene rings is 2. The molecule has 2 N–H and O–H groups in total. The van der Waals surface area contributed by atoms with E-state index in [1.54, 1.807) is 0 Å². The van der Waals surface area contributed by atoms with Crippen LogP contribution >= 0.6 is 11.8 Å². The van der Waals surface area contributed by atoms with E-state index in [0.717, 1.165) is 6.42 Å². The van der Waals surface area contributed by atoms with Crippen LogP contribution in [0, 0.1) is 6.92 Å². The van der Waals surface area contributed by atoms with Crippen LogP contribution in [-0.2, 0) is 6.42 Å². The zero-order valence-corrected chi connectivity index (χ0v) is 12.7. The number of rotatable bonds is 2. The maximum atomic E-state index is 6.56. The summed E-state index contributed by atoms with van der Waals surface area (Å²) >= 11 is 1.94. The first-order valence-electron chi connectivity index (χ1n) is 7.31. The average Bonchev–Trinajstić information content (AvgIpc) is 2.60. The van der Waals surface area contributed by atoms with E-state index in [1.165, 1.54) is 34.4 Å². The number of aryl methyl sites for hydroxylation is 2. The summed E-state index contributed by atoms with van der Waals surface area (Å²) in [6.45, 7) is 2.15. The molecule has 1 nitrogen and oxygen atoms in total. The smallest absolute Gasteiger partial charge is 0.0421 e. The number of hydrogen-bond donors (Lipinski definition) is 1. The second-order valence-corrected chi connectivity index (χ2v) is 6.90. The third-order valence-corrected chi connectivity index (χ3v) is 5.38. The molecule has 0 bridgehead atoms. The summed E-state index contributed by atoms with van der Waals surface area (Å²) in [5.74, 6) is 0. The molecule has 2 heteroatoms. The minimum atomic E-state index is 0.138. The molecule has 3 rings (SSSR count). The zero-order valence-electron chi connectivity index (χ0n) is 11.9. The van der Waals surface area contributed by atoms with Crippen LogP contribution in [0.1, 0.15) is 35.6 Å². The molecule has 0 saturated carbocycles. The standard InChI is InChI=1S/C18H21NS/c1-13-6-4-9-15(12-13)20-17-11-5-8-14-7-2-3-10-16(14)18(17)19/h2-4,6-7,9-10,12,17-18H,5,8,11,19H2,1H3. The van der Waals surface area contributed by atoms with E-state index in [9.17, 15) is 0 Å². The molecule has 0 aliphatic heterocycles. The van der Waals surface area contributed by atoms with Crippen molar-refractivity contribution in [3.8, 4) is 0 Å². The molecule has 2 aromatic carbocycles. The van der Waals surface area contributed by atoms with Crippen LogP contribution < -0.4 is 5.73 Å². The van der Waals surface area contributed by atoms with Gasteiger partial charge in [0.05, 0.1) is 0 Å². The van der Waals surface area contributed by atoms with E-state index < -0.39 is 0 Å². The lowest BCUT2D eigenvalue weighted by atomic mass is 10.00. The Morgan fingerprint density at radius 3 is 2.80 bits per heavy atom. The fourth-order valence-electron chi connectivity index (χ4n) is 2.96. The number of fused-ring (bicyclic) bond motifs is 1. The first-order chi connectivity index (χ1) is 9.74. The first-order valence-corrected chi connectivity index (χ1v) is 8.19. The minimum absolute atomic E-state index is 0.138. The lowest BCUT2D eigenvalue weighted by Gasteiger charge is -2.22. The van der Waals surface area contributed by atoms with Crippen molar-refractivity contribution in [2.24, 2.45) is 5.73 Å². The van der Waals surface area contributed by atoms with Crippen molar-refractivity contribution in [3.63, 3.8) is 0 Å². The normalized spacial score (nSPS) is 22.1. The predicted octanol–water partition coefficient (Wildman–Crippen LogP) is 4.49. The fraction of sp³-hybridized carbons (Fsp3) is 0.333. The van der Waals surface area contributed by atoms with Gasteiger partial charge < -0.3 is 5.73 Å². The fourth-order valence-corrected chi connectivity index (χ4v) is 4.29. The SMILES string of the molecule is Cc1cccc(SC2CCCc3ccccc3C2N)c1. The molecule has 1 aliphatic rings. The quantitative estimate of drug-likeness (QED) is 0.822. The lowest BCUT2D eigenvalue weighted by Crippen LogP contribution is -2.23. The van der Waals surface area contributed by atoms with Gasteiger partial charge in [-0.15, -0.1) is 11.8 Å². The Kier molecular flexibility index (Phi) is 4.13. The van der Waals surface area contributed by atoms with Gasteiger partial charge in [0.15, 0.2) is 0 Å². The summed E-state index contributed by atoms with van der Waals surface area (Å²) in [5, 5.41) is 0.473. The summed E-state index contributed by atoms with van der Waals surface area (Å²) in [4.78, 5) is 1.34. The Balaban J connectivity index is 1.84. The first kappa shape index (κ1) is 13.7. The highest BCUT2D eigenvalue weighted by Gasteiger charge is 2.25. The number of thioether (sulfide) groups is 1. The molecule has 2 unspecified atom stereocenters. The van der Waals surface area contributed by atoms with E-state index in [-0.39, 0.29) is 6.04 Å². The van der Waals surface area contributed by atoms with Gasteiger partial charge in [0.25, 0.3) is 0 Å². The van der Waals surface area contributed by atoms with Gasteiger partial charge in [0, 0.05) is 16.2 Å². The molecule has 0 spiro atoms. The average molecular weight is 283 g/mol. The van der Waals surface area contributed by atoms with Gasteiger partial charge in [0.1, 0.15) is 0 Å². The molecule has 0 heterocycles. The molecule has 2 aromatic rings. The van der Waals surface area contributed by atoms with Crippen LogP contribution in [-0.4, -0.2) is 5.25 Å². The molecular formula is C18H21NS. The van der Waals surface area contributed by atoms with Crippen molar-refractivity contribution < 1.29 is 0 Å². The third kappa shape index (κ3) is 2.92. The van der Waals surface area contributed by atoms with Gasteiger partial charge in [-0.2, -0.15) is 0 Å². The van der Waals surface area contributed by atoms with Crippen LogP contribution in [0.3, 0.4) is 0 Å². The van der Waals surface area contributed by atoms with E-state index >= 15 is 0 Å². The van der Waals surface area contributed by atoms with Crippen LogP contribution in [0.15, 0.2) is 53.4 Å². The molecule has 0 fully saturated rings. The van der Waals surface area contributed by atoms with Crippen LogP contribution in [0.2, 0.25) is 0 Å². The topological polar surface area (TPSA) is 26.0 Å². The van der Waals surface area contributed by atoms with Gasteiger partial charge >= 0.3 is 0 Å². The Bertz CT molecular complexity index is 593. The number of nitrogens with two attached hydrogens (primary N) is 1. The highest BCUT2D eigenvalue weighted by molar-refractivity contribution is 8.00. The van der Waals surface area contributed by atoms with Gasteiger partial charge in [-0.25, -0.2) is 0 Å². The Hall–Kier alpha value is -1.25. The molecule has 0 radical (unpaired) electrons. The van der Waals surface area contributed by atoms with Crippen LogP contribution in [0.4, 0.5) is 0 Å². The number of hydrogen-bond acceptors (Lipinski definition) is 2. The van der Waals surface area contributed by atoms with E-state index in [0.29, 0.717) is 5.25 Å². The summed E-state index contributed by atoms with van der Waals surface area (Å²) in [6, 6.07) is 17.5. The summed E-state index contributed by atoms with van der Waals surface area (Å²) in [5.41, 5.74) is 10.7. The Morgan fingerprint density at radius 1 is 1.10 bits per heavy atom. The second kappa shape index (κ2) is 6.02. The van der Waals surface area contributed by atoms with Crippen LogP contribution in [0.5, 0.6) is 0 Å². The van der Waals surface area contributed by atoms with Crippen molar-refractivity contribution in [1.29, 1.82) is 0 Å². The van der Waals surface area contributed by atoms with Gasteiger partial charge in [-0.1, -0.05) is 42.0 Å². The van der Waals surface area contributed by atoms with Crippen molar-refractivity contribution in [2.75, 3.05) is 0 Å². The lowest BCUT2D eigenvalue weighted by molar-refractivity contribution is 0.632. The maximum Gasteiger partial charge on any atom is 0.0421 e. The van der Waals surface area contributed by atoms with E-state index in [1.807, 2.05) is 11.8 Å². The Labute approximate surface area is 125 Å². The molecule has 20 heavy (non-hydrogen) atoms. The van der Waals surface area contributed by atoms with Gasteiger partial charge in [-0.3, -0.25) is 0 Å². The third-order valence-electron chi connectivity index (χ3n) is 4.03. The largest absolute Gasteiger partial charge is 0.323 e. The molecule has 104 valence electrons. The van der Waals surface area contributed by atoms with Gasteiger partial charge in [-0.05, 0) is 49.4 Å². The minimum Gasteiger partial charge on any atom is -0.323 e. The highest BCUT2D eigenvalue weighted by atomic mass is 32.2. The zero-order chi connectivity index (χ0) is 13.9. The molecule has 0 saturated heterocycles. The van der Waals surface area contributed by atoms with Crippen molar-refractivity contribution in [3.05, 3.63) is 65.2 Å². The second-order valence-electron chi connectivity index (χ2n) is 5.59. The molecule has 1 aliphatic carbocycles. The monoisotopic (exact) mass is 283 g/mol. The molecular weight excluding hydrogens is 262 g/mol. The van der Waals surface area contributed by atoms with E-state index in [2.05, 4.69) is 55.5 Å². The maximum absolute atomic E-state index is 6.56. The van der Waals surface area contributed by atoms with Crippen molar-refractivity contribution >= 4 is 11.8 Å². The Morgan fingerprint density at radius 2 is 1.95 bits per heavy atom. The van der Waals surface area contributed by atoms with E-state index in [4.69, 9.17) is 5.73 Å². The van der Waals surface area contributed by atoms with Crippen LogP contribution in [0.25, 0.3) is 0 Å². The molecule has 2 atom stereocenters. The molecule has 0 aromatic heterocycles. The molecule has 0 amide bonds. The summed E-state index contributed by atoms with van der Waals surface area (Å²) < 4.78 is 0. The predicted molar refractivity (Wildman–Crippen MR) is 87.1 cm³/mol. The van der Waals surface area contributed by atoms with Gasteiger partial charge in [0.2, 0.25) is 0 Å².